The van der Waals surface area contributed by atoms with Crippen molar-refractivity contribution in [2.24, 2.45) is 16.0 Å². The van der Waals surface area contributed by atoms with Crippen molar-refractivity contribution in [3.05, 3.63) is 53.6 Å². The van der Waals surface area contributed by atoms with Crippen molar-refractivity contribution in [1.82, 2.24) is 4.90 Å². The topological polar surface area (TPSA) is 141 Å². The first-order chi connectivity index (χ1) is 14.3. The van der Waals surface area contributed by atoms with Gasteiger partial charge in [-0.15, -0.1) is 4.40 Å². The van der Waals surface area contributed by atoms with E-state index in [-0.39, 0.29) is 23.4 Å². The number of benzene rings is 2. The molecule has 4 rings (SSSR count). The summed E-state index contributed by atoms with van der Waals surface area (Å²) >= 11 is 0. The maximum Gasteiger partial charge on any atom is 0.257 e. The Bertz CT molecular complexity index is 997. The number of fused-ring (bicyclic) bond motifs is 1. The van der Waals surface area contributed by atoms with Gasteiger partial charge in [-0.05, 0) is 48.1 Å². The highest BCUT2D eigenvalue weighted by Crippen LogP contribution is 2.46. The molecular formula is C20H24N4O5S. The molecule has 1 unspecified atom stereocenters. The molecular weight excluding hydrogens is 408 g/mol. The fraction of sp³-hybridized carbons (Fsp3) is 0.300. The number of amides is 1. The lowest BCUT2D eigenvalue weighted by Crippen LogP contribution is -2.41. The van der Waals surface area contributed by atoms with Crippen LogP contribution in [0.25, 0.3) is 0 Å². The van der Waals surface area contributed by atoms with E-state index in [9.17, 15) is 19.0 Å². The summed E-state index contributed by atoms with van der Waals surface area (Å²) in [5, 5.41) is 9.97. The van der Waals surface area contributed by atoms with Crippen LogP contribution in [0, 0.1) is 5.92 Å². The largest absolute Gasteiger partial charge is 0.507 e. The van der Waals surface area contributed by atoms with Crippen LogP contribution in [0.5, 0.6) is 11.5 Å². The highest BCUT2D eigenvalue weighted by molar-refractivity contribution is 8.24. The number of aromatic hydroxyl groups is 1. The maximum atomic E-state index is 12.8. The van der Waals surface area contributed by atoms with Gasteiger partial charge in [0.05, 0.1) is 23.4 Å². The predicted molar refractivity (Wildman–Crippen MR) is 116 cm³/mol. The van der Waals surface area contributed by atoms with Crippen molar-refractivity contribution in [1.29, 1.82) is 0 Å². The molecule has 10 heteroatoms. The third-order valence-corrected chi connectivity index (χ3v) is 6.12. The van der Waals surface area contributed by atoms with Crippen molar-refractivity contribution in [3.8, 4) is 11.5 Å². The van der Waals surface area contributed by atoms with Gasteiger partial charge in [0.25, 0.3) is 5.91 Å². The molecule has 0 aromatic heterocycles. The molecule has 2 aliphatic rings. The Hall–Kier alpha value is -2.95. The third-order valence-electron chi connectivity index (χ3n) is 5.17. The summed E-state index contributed by atoms with van der Waals surface area (Å²) in [6.45, 7) is 1.51. The maximum absolute atomic E-state index is 12.8. The molecule has 1 fully saturated rings. The van der Waals surface area contributed by atoms with Gasteiger partial charge in [-0.1, -0.05) is 18.2 Å². The minimum Gasteiger partial charge on any atom is -0.507 e. The summed E-state index contributed by atoms with van der Waals surface area (Å²) in [6.07, 6.45) is 1.74. The number of para-hydroxylation sites is 1. The minimum atomic E-state index is -3.35. The van der Waals surface area contributed by atoms with Crippen LogP contribution < -0.4 is 15.2 Å². The number of carbonyl (C=O) groups is 1. The number of likely N-dealkylation sites (tertiary alicyclic amines) is 1. The Morgan fingerprint density at radius 1 is 1.27 bits per heavy atom. The van der Waals surface area contributed by atoms with E-state index < -0.39 is 11.0 Å². The van der Waals surface area contributed by atoms with E-state index in [1.165, 1.54) is 6.07 Å². The van der Waals surface area contributed by atoms with Crippen molar-refractivity contribution < 1.29 is 23.7 Å². The first-order valence-electron chi connectivity index (χ1n) is 9.59. The average molecular weight is 433 g/mol. The Morgan fingerprint density at radius 3 is 2.87 bits per heavy atom. The fourth-order valence-corrected chi connectivity index (χ4v) is 4.65. The quantitative estimate of drug-likeness (QED) is 0.500. The molecule has 2 heterocycles. The molecule has 1 saturated heterocycles. The lowest BCUT2D eigenvalue weighted by atomic mass is 9.98. The number of hydrogen-bond acceptors (Lipinski definition) is 8. The zero-order valence-electron chi connectivity index (χ0n) is 16.2. The predicted octanol–water partition coefficient (Wildman–Crippen LogP) is 3.03. The molecule has 2 aromatic carbocycles. The van der Waals surface area contributed by atoms with Gasteiger partial charge in [-0.3, -0.25) is 18.6 Å². The van der Waals surface area contributed by atoms with E-state index in [2.05, 4.69) is 9.12 Å². The Balaban J connectivity index is 1.44. The van der Waals surface area contributed by atoms with E-state index >= 15 is 0 Å². The zero-order chi connectivity index (χ0) is 21.3. The van der Waals surface area contributed by atoms with Gasteiger partial charge < -0.3 is 20.5 Å². The Morgan fingerprint density at radius 2 is 2.07 bits per heavy atom. The van der Waals surface area contributed by atoms with Crippen LogP contribution in [0.2, 0.25) is 0 Å². The lowest BCUT2D eigenvalue weighted by Gasteiger charge is -2.34. The molecule has 9 nitrogen and oxygen atoms in total. The Kier molecular flexibility index (Phi) is 5.46. The van der Waals surface area contributed by atoms with E-state index in [1.54, 1.807) is 41.3 Å². The number of rotatable bonds is 4. The van der Waals surface area contributed by atoms with Gasteiger partial charge in [-0.2, -0.15) is 0 Å². The van der Waals surface area contributed by atoms with Crippen molar-refractivity contribution >= 4 is 28.4 Å². The Labute approximate surface area is 175 Å². The smallest absolute Gasteiger partial charge is 0.257 e. The summed E-state index contributed by atoms with van der Waals surface area (Å²) in [5.41, 5.74) is 7.15. The van der Waals surface area contributed by atoms with Crippen LogP contribution in [0.15, 0.2) is 46.9 Å². The number of nitrogens with one attached hydrogen (secondary N) is 1. The van der Waals surface area contributed by atoms with Gasteiger partial charge in [0, 0.05) is 19.0 Å². The fourth-order valence-electron chi connectivity index (χ4n) is 3.77. The number of anilines is 1. The van der Waals surface area contributed by atoms with E-state index in [4.69, 9.17) is 10.5 Å². The molecule has 160 valence electrons. The molecule has 2 aliphatic heterocycles. The molecule has 1 amide bonds. The number of piperidine rings is 1. The summed E-state index contributed by atoms with van der Waals surface area (Å²) in [7, 11) is -3.35. The molecule has 0 bridgehead atoms. The van der Waals surface area contributed by atoms with Crippen LogP contribution in [-0.4, -0.2) is 50.6 Å². The van der Waals surface area contributed by atoms with Crippen molar-refractivity contribution in [3.63, 3.8) is 0 Å². The van der Waals surface area contributed by atoms with Crippen LogP contribution in [-0.2, 0) is 0 Å². The summed E-state index contributed by atoms with van der Waals surface area (Å²) in [5.74, 6) is 0.380. The molecule has 30 heavy (non-hydrogen) atoms. The standard InChI is InChI=1S/C20H24N4O5S/c21-19-18-15(22-30(27,28)23-19)7-3-9-17(18)29-12-13-5-4-10-24(11-13)20(26)14-6-1-2-8-16(14)25/h1-3,6-9,13,22,25,27-28H,4-5,10-12H2,(H2,21,23). The van der Waals surface area contributed by atoms with Crippen LogP contribution in [0.4, 0.5) is 5.69 Å². The van der Waals surface area contributed by atoms with Gasteiger partial charge >= 0.3 is 0 Å². The highest BCUT2D eigenvalue weighted by Gasteiger charge is 2.28. The van der Waals surface area contributed by atoms with Crippen molar-refractivity contribution in [2.75, 3.05) is 24.4 Å². The van der Waals surface area contributed by atoms with Crippen molar-refractivity contribution in [2.45, 2.75) is 12.8 Å². The first kappa shape index (κ1) is 20.3. The molecule has 1 atom stereocenters. The van der Waals surface area contributed by atoms with E-state index in [1.807, 2.05) is 0 Å². The molecule has 2 aromatic rings. The molecule has 0 spiro atoms. The number of hydrogen-bond donors (Lipinski definition) is 5. The number of amidine groups is 1. The van der Waals surface area contributed by atoms with Crippen LogP contribution in [0.3, 0.4) is 0 Å². The molecule has 0 saturated carbocycles. The second-order valence-corrected chi connectivity index (χ2v) is 8.79. The molecule has 6 N–H and O–H groups in total. The van der Waals surface area contributed by atoms with Gasteiger partial charge in [0.1, 0.15) is 11.5 Å². The average Bonchev–Trinajstić information content (AvgIpc) is 2.71. The highest BCUT2D eigenvalue weighted by atomic mass is 32.3. The van der Waals surface area contributed by atoms with Crippen LogP contribution >= 0.6 is 11.0 Å². The third kappa shape index (κ3) is 4.16. The minimum absolute atomic E-state index is 0.000601. The second-order valence-electron chi connectivity index (χ2n) is 7.36. The SMILES string of the molecule is NC1=NS(O)(O)Nc2cccc(OCC3CCCN(C(=O)c4ccccc4O)C3)c21. The van der Waals surface area contributed by atoms with Gasteiger partial charge in [-0.25, -0.2) is 0 Å². The van der Waals surface area contributed by atoms with Crippen LogP contribution in [0.1, 0.15) is 28.8 Å². The zero-order valence-corrected chi connectivity index (χ0v) is 17.0. The number of phenols is 1. The van der Waals surface area contributed by atoms with E-state index in [0.717, 1.165) is 12.8 Å². The lowest BCUT2D eigenvalue weighted by molar-refractivity contribution is 0.0630. The number of nitrogens with zero attached hydrogens (tertiary/aromatic N) is 2. The first-order valence-corrected chi connectivity index (χ1v) is 11.1. The monoisotopic (exact) mass is 432 g/mol. The normalized spacial score (nSPS) is 21.1. The molecule has 0 radical (unpaired) electrons. The van der Waals surface area contributed by atoms with Gasteiger partial charge in [0.2, 0.25) is 0 Å². The molecule has 0 aliphatic carbocycles. The number of ether oxygens (including phenoxy) is 1. The van der Waals surface area contributed by atoms with Gasteiger partial charge in [0.15, 0.2) is 5.84 Å². The number of carbonyl (C=O) groups excluding carboxylic acids is 1. The second kappa shape index (κ2) is 8.05. The number of phenolic OH excluding ortho intramolecular Hbond substituents is 1. The summed E-state index contributed by atoms with van der Waals surface area (Å²) < 4.78 is 31.8. The number of nitrogens with two attached hydrogens (primary N) is 1. The summed E-state index contributed by atoms with van der Waals surface area (Å²) in [4.78, 5) is 14.5. The van der Waals surface area contributed by atoms with E-state index in [0.29, 0.717) is 42.3 Å². The summed E-state index contributed by atoms with van der Waals surface area (Å²) in [6, 6.07) is 11.7.